The molecule has 1 rings (SSSR count). The van der Waals surface area contributed by atoms with Gasteiger partial charge in [0.1, 0.15) is 0 Å². The lowest BCUT2D eigenvalue weighted by Crippen LogP contribution is -2.32. The van der Waals surface area contributed by atoms with Crippen molar-refractivity contribution < 1.29 is 4.79 Å². The van der Waals surface area contributed by atoms with Gasteiger partial charge in [-0.2, -0.15) is 5.26 Å². The van der Waals surface area contributed by atoms with Crippen LogP contribution in [0.4, 0.5) is 5.69 Å². The van der Waals surface area contributed by atoms with Crippen LogP contribution < -0.4 is 5.32 Å². The molecule has 4 nitrogen and oxygen atoms in total. The molecule has 0 radical (unpaired) electrons. The van der Waals surface area contributed by atoms with Gasteiger partial charge in [-0.3, -0.25) is 9.69 Å². The number of rotatable bonds is 5. The lowest BCUT2D eigenvalue weighted by atomic mass is 10.2. The standard InChI is InChI=1S/C13H16BrN3O/c1-10(7-15)8-17(2)9-13(18)16-12-5-3-11(14)4-6-12/h3-6,10H,8-9H2,1-2H3,(H,16,18). The van der Waals surface area contributed by atoms with E-state index in [9.17, 15) is 4.79 Å². The Hall–Kier alpha value is -1.38. The van der Waals surface area contributed by atoms with Gasteiger partial charge >= 0.3 is 0 Å². The van der Waals surface area contributed by atoms with E-state index < -0.39 is 0 Å². The lowest BCUT2D eigenvalue weighted by Gasteiger charge is -2.17. The number of anilines is 1. The average molecular weight is 310 g/mol. The van der Waals surface area contributed by atoms with Crippen molar-refractivity contribution in [2.24, 2.45) is 5.92 Å². The molecule has 18 heavy (non-hydrogen) atoms. The highest BCUT2D eigenvalue weighted by molar-refractivity contribution is 9.10. The summed E-state index contributed by atoms with van der Waals surface area (Å²) in [5.41, 5.74) is 0.768. The Balaban J connectivity index is 2.42. The molecule has 1 aromatic rings. The molecule has 0 aliphatic heterocycles. The van der Waals surface area contributed by atoms with Crippen LogP contribution in [0.1, 0.15) is 6.92 Å². The fraction of sp³-hybridized carbons (Fsp3) is 0.385. The molecule has 1 amide bonds. The van der Waals surface area contributed by atoms with Gasteiger partial charge in [0.2, 0.25) is 5.91 Å². The summed E-state index contributed by atoms with van der Waals surface area (Å²) >= 11 is 3.34. The van der Waals surface area contributed by atoms with Crippen LogP contribution in [0.15, 0.2) is 28.7 Å². The smallest absolute Gasteiger partial charge is 0.238 e. The predicted molar refractivity (Wildman–Crippen MR) is 75.0 cm³/mol. The fourth-order valence-corrected chi connectivity index (χ4v) is 1.82. The Morgan fingerprint density at radius 1 is 1.50 bits per heavy atom. The van der Waals surface area contributed by atoms with Gasteiger partial charge in [-0.15, -0.1) is 0 Å². The van der Waals surface area contributed by atoms with Gasteiger partial charge in [0, 0.05) is 16.7 Å². The van der Waals surface area contributed by atoms with E-state index in [1.54, 1.807) is 0 Å². The minimum absolute atomic E-state index is 0.0736. The number of nitrogens with one attached hydrogen (secondary N) is 1. The van der Waals surface area contributed by atoms with Crippen molar-refractivity contribution in [2.45, 2.75) is 6.92 Å². The maximum atomic E-state index is 11.7. The Kier molecular flexibility index (Phi) is 5.83. The molecule has 0 saturated carbocycles. The van der Waals surface area contributed by atoms with E-state index >= 15 is 0 Å². The molecule has 0 saturated heterocycles. The number of benzene rings is 1. The third kappa shape index (κ3) is 5.30. The van der Waals surface area contributed by atoms with Crippen LogP contribution in [0.2, 0.25) is 0 Å². The molecule has 0 fully saturated rings. The van der Waals surface area contributed by atoms with Crippen molar-refractivity contribution in [3.8, 4) is 6.07 Å². The van der Waals surface area contributed by atoms with Crippen molar-refractivity contribution in [3.63, 3.8) is 0 Å². The van der Waals surface area contributed by atoms with E-state index in [2.05, 4.69) is 27.3 Å². The van der Waals surface area contributed by atoms with E-state index in [1.165, 1.54) is 0 Å². The van der Waals surface area contributed by atoms with E-state index in [0.717, 1.165) is 10.2 Å². The molecular weight excluding hydrogens is 294 g/mol. The molecule has 0 aliphatic rings. The summed E-state index contributed by atoms with van der Waals surface area (Å²) in [5.74, 6) is -0.152. The van der Waals surface area contributed by atoms with Gasteiger partial charge in [-0.05, 0) is 38.2 Å². The summed E-state index contributed by atoms with van der Waals surface area (Å²) in [5, 5.41) is 11.5. The summed E-state index contributed by atoms with van der Waals surface area (Å²) in [7, 11) is 1.83. The summed E-state index contributed by atoms with van der Waals surface area (Å²) < 4.78 is 0.973. The van der Waals surface area contributed by atoms with Crippen LogP contribution in [0.5, 0.6) is 0 Å². The average Bonchev–Trinajstić information content (AvgIpc) is 2.31. The fourth-order valence-electron chi connectivity index (χ4n) is 1.55. The zero-order chi connectivity index (χ0) is 13.5. The second-order valence-electron chi connectivity index (χ2n) is 4.28. The highest BCUT2D eigenvalue weighted by Gasteiger charge is 2.09. The first-order chi connectivity index (χ1) is 8.51. The third-order valence-electron chi connectivity index (χ3n) is 2.35. The zero-order valence-electron chi connectivity index (χ0n) is 10.5. The van der Waals surface area contributed by atoms with Gasteiger partial charge < -0.3 is 5.32 Å². The minimum atomic E-state index is -0.0787. The molecule has 0 heterocycles. The quantitative estimate of drug-likeness (QED) is 0.909. The lowest BCUT2D eigenvalue weighted by molar-refractivity contribution is -0.117. The second kappa shape index (κ2) is 7.14. The highest BCUT2D eigenvalue weighted by Crippen LogP contribution is 2.13. The second-order valence-corrected chi connectivity index (χ2v) is 5.20. The molecular formula is C13H16BrN3O. The number of hydrogen-bond acceptors (Lipinski definition) is 3. The number of likely N-dealkylation sites (N-methyl/N-ethyl adjacent to an activating group) is 1. The maximum Gasteiger partial charge on any atom is 0.238 e. The number of carbonyl (C=O) groups excluding carboxylic acids is 1. The predicted octanol–water partition coefficient (Wildman–Crippen LogP) is 2.48. The van der Waals surface area contributed by atoms with Gasteiger partial charge in [-0.25, -0.2) is 0 Å². The van der Waals surface area contributed by atoms with Crippen LogP contribution in [0, 0.1) is 17.2 Å². The molecule has 1 N–H and O–H groups in total. The summed E-state index contributed by atoms with van der Waals surface area (Å²) in [6, 6.07) is 9.56. The third-order valence-corrected chi connectivity index (χ3v) is 2.88. The molecule has 1 unspecified atom stereocenters. The molecule has 1 atom stereocenters. The normalized spacial score (nSPS) is 11.9. The molecule has 0 spiro atoms. The van der Waals surface area contributed by atoms with E-state index in [0.29, 0.717) is 6.54 Å². The summed E-state index contributed by atoms with van der Waals surface area (Å²) in [6.07, 6.45) is 0. The Bertz CT molecular complexity index is 439. The first-order valence-electron chi connectivity index (χ1n) is 5.65. The largest absolute Gasteiger partial charge is 0.325 e. The molecule has 5 heteroatoms. The van der Waals surface area contributed by atoms with E-state index in [4.69, 9.17) is 5.26 Å². The van der Waals surface area contributed by atoms with E-state index in [-0.39, 0.29) is 18.4 Å². The van der Waals surface area contributed by atoms with Crippen LogP contribution in [-0.4, -0.2) is 30.9 Å². The molecule has 0 bridgehead atoms. The van der Waals surface area contributed by atoms with Crippen molar-refractivity contribution in [1.82, 2.24) is 4.90 Å². The molecule has 0 aliphatic carbocycles. The monoisotopic (exact) mass is 309 g/mol. The van der Waals surface area contributed by atoms with Gasteiger partial charge in [0.05, 0.1) is 18.5 Å². The molecule has 0 aromatic heterocycles. The van der Waals surface area contributed by atoms with Crippen molar-refractivity contribution >= 4 is 27.5 Å². The number of hydrogen-bond donors (Lipinski definition) is 1. The van der Waals surface area contributed by atoms with Crippen LogP contribution in [0.25, 0.3) is 0 Å². The van der Waals surface area contributed by atoms with E-state index in [1.807, 2.05) is 43.1 Å². The zero-order valence-corrected chi connectivity index (χ0v) is 12.1. The summed E-state index contributed by atoms with van der Waals surface area (Å²) in [6.45, 7) is 2.70. The number of nitrogens with zero attached hydrogens (tertiary/aromatic N) is 2. The number of halogens is 1. The molecule has 1 aromatic carbocycles. The van der Waals surface area contributed by atoms with Gasteiger partial charge in [0.25, 0.3) is 0 Å². The minimum Gasteiger partial charge on any atom is -0.325 e. The van der Waals surface area contributed by atoms with Crippen LogP contribution in [-0.2, 0) is 4.79 Å². The van der Waals surface area contributed by atoms with Crippen molar-refractivity contribution in [2.75, 3.05) is 25.5 Å². The number of amides is 1. The first kappa shape index (κ1) is 14.7. The van der Waals surface area contributed by atoms with Crippen molar-refractivity contribution in [3.05, 3.63) is 28.7 Å². The van der Waals surface area contributed by atoms with Gasteiger partial charge in [-0.1, -0.05) is 15.9 Å². The Labute approximate surface area is 116 Å². The van der Waals surface area contributed by atoms with Crippen LogP contribution >= 0.6 is 15.9 Å². The summed E-state index contributed by atoms with van der Waals surface area (Å²) in [4.78, 5) is 13.6. The molecule has 96 valence electrons. The first-order valence-corrected chi connectivity index (χ1v) is 6.44. The van der Waals surface area contributed by atoms with Crippen LogP contribution in [0.3, 0.4) is 0 Å². The Morgan fingerprint density at radius 2 is 2.11 bits per heavy atom. The number of carbonyl (C=O) groups is 1. The topological polar surface area (TPSA) is 56.1 Å². The van der Waals surface area contributed by atoms with Gasteiger partial charge in [0.15, 0.2) is 0 Å². The Morgan fingerprint density at radius 3 is 2.67 bits per heavy atom. The maximum absolute atomic E-state index is 11.7. The highest BCUT2D eigenvalue weighted by atomic mass is 79.9. The SMILES string of the molecule is CC(C#N)CN(C)CC(=O)Nc1ccc(Br)cc1. The number of nitriles is 1. The van der Waals surface area contributed by atoms with Crippen molar-refractivity contribution in [1.29, 1.82) is 5.26 Å².